The number of hydrogen-bond donors (Lipinski definition) is 3. The van der Waals surface area contributed by atoms with Crippen LogP contribution in [0.25, 0.3) is 5.65 Å². The zero-order chi connectivity index (χ0) is 21.3. The second-order valence-corrected chi connectivity index (χ2v) is 6.97. The molecular weight excluding hydrogens is 386 g/mol. The fourth-order valence-electron chi connectivity index (χ4n) is 3.44. The van der Waals surface area contributed by atoms with Crippen LogP contribution in [0.5, 0.6) is 5.75 Å². The second-order valence-electron chi connectivity index (χ2n) is 6.97. The Morgan fingerprint density at radius 3 is 2.80 bits per heavy atom. The lowest BCUT2D eigenvalue weighted by molar-refractivity contribution is -0.128. The van der Waals surface area contributed by atoms with Crippen molar-refractivity contribution in [3.63, 3.8) is 0 Å². The molecule has 3 heterocycles. The highest BCUT2D eigenvalue weighted by Gasteiger charge is 2.31. The molecule has 0 spiro atoms. The number of rotatable bonds is 6. The molecule has 1 aromatic carbocycles. The van der Waals surface area contributed by atoms with Gasteiger partial charge in [0, 0.05) is 26.7 Å². The summed E-state index contributed by atoms with van der Waals surface area (Å²) in [5.74, 6) is 1.35. The molecule has 1 aliphatic heterocycles. The van der Waals surface area contributed by atoms with Crippen molar-refractivity contribution in [1.29, 1.82) is 0 Å². The lowest BCUT2D eigenvalue weighted by Gasteiger charge is -2.13. The zero-order valence-corrected chi connectivity index (χ0v) is 17.0. The average Bonchev–Trinajstić information content (AvgIpc) is 3.32. The summed E-state index contributed by atoms with van der Waals surface area (Å²) < 4.78 is 6.92. The van der Waals surface area contributed by atoms with Crippen molar-refractivity contribution in [3.8, 4) is 5.75 Å². The number of aromatic nitrogens is 3. The highest BCUT2D eigenvalue weighted by atomic mass is 16.5. The highest BCUT2D eigenvalue weighted by Crippen LogP contribution is 2.28. The van der Waals surface area contributed by atoms with Gasteiger partial charge in [-0.25, -0.2) is 4.98 Å². The molecule has 156 valence electrons. The Kier molecular flexibility index (Phi) is 5.13. The number of carbonyl (C=O) groups is 2. The normalized spacial score (nSPS) is 16.0. The largest absolute Gasteiger partial charge is 0.495 e. The zero-order valence-electron chi connectivity index (χ0n) is 17.0. The van der Waals surface area contributed by atoms with Gasteiger partial charge >= 0.3 is 0 Å². The lowest BCUT2D eigenvalue weighted by atomic mass is 10.2. The van der Waals surface area contributed by atoms with E-state index in [-0.39, 0.29) is 17.4 Å². The van der Waals surface area contributed by atoms with Crippen LogP contribution in [-0.4, -0.2) is 65.1 Å². The predicted octanol–water partition coefficient (Wildman–Crippen LogP) is 1.48. The van der Waals surface area contributed by atoms with Crippen LogP contribution in [0.1, 0.15) is 16.8 Å². The van der Waals surface area contributed by atoms with E-state index in [0.717, 1.165) is 5.69 Å². The maximum atomic E-state index is 12.9. The SMILES string of the molecule is CNc1cc(Nc2ccccc2OC)nc2c(C(=O)N[C@@H]3CCN(C)C3=O)cnn12. The average molecular weight is 409 g/mol. The van der Waals surface area contributed by atoms with Crippen molar-refractivity contribution in [3.05, 3.63) is 42.1 Å². The lowest BCUT2D eigenvalue weighted by Crippen LogP contribution is -2.40. The number of nitrogens with one attached hydrogen (secondary N) is 3. The first-order valence-electron chi connectivity index (χ1n) is 9.54. The first-order chi connectivity index (χ1) is 14.5. The molecule has 1 saturated heterocycles. The van der Waals surface area contributed by atoms with E-state index in [2.05, 4.69) is 26.0 Å². The van der Waals surface area contributed by atoms with Gasteiger partial charge in [-0.05, 0) is 18.6 Å². The molecule has 1 atom stereocenters. The summed E-state index contributed by atoms with van der Waals surface area (Å²) in [6, 6.07) is 8.72. The van der Waals surface area contributed by atoms with Gasteiger partial charge in [0.05, 0.1) is 19.0 Å². The van der Waals surface area contributed by atoms with Crippen molar-refractivity contribution in [2.75, 3.05) is 38.4 Å². The predicted molar refractivity (Wildman–Crippen MR) is 112 cm³/mol. The Hall–Kier alpha value is -3.82. The van der Waals surface area contributed by atoms with Crippen LogP contribution >= 0.6 is 0 Å². The summed E-state index contributed by atoms with van der Waals surface area (Å²) in [5.41, 5.74) is 1.40. The van der Waals surface area contributed by atoms with Gasteiger partial charge in [-0.1, -0.05) is 12.1 Å². The summed E-state index contributed by atoms with van der Waals surface area (Å²) in [7, 11) is 5.08. The van der Waals surface area contributed by atoms with Crippen LogP contribution in [0.15, 0.2) is 36.5 Å². The molecule has 1 aliphatic rings. The number of ether oxygens (including phenoxy) is 1. The van der Waals surface area contributed by atoms with E-state index in [1.54, 1.807) is 36.7 Å². The monoisotopic (exact) mass is 409 g/mol. The van der Waals surface area contributed by atoms with Gasteiger partial charge in [0.25, 0.3) is 5.91 Å². The number of methoxy groups -OCH3 is 1. The Morgan fingerprint density at radius 2 is 2.10 bits per heavy atom. The number of likely N-dealkylation sites (tertiary alicyclic amines) is 1. The third kappa shape index (κ3) is 3.47. The molecule has 0 radical (unpaired) electrons. The maximum absolute atomic E-state index is 12.9. The number of amides is 2. The fourth-order valence-corrected chi connectivity index (χ4v) is 3.44. The molecule has 0 aliphatic carbocycles. The van der Waals surface area contributed by atoms with Crippen LogP contribution in [0.3, 0.4) is 0 Å². The molecule has 30 heavy (non-hydrogen) atoms. The molecule has 0 saturated carbocycles. The molecule has 4 rings (SSSR count). The van der Waals surface area contributed by atoms with Crippen LogP contribution in [0.4, 0.5) is 17.3 Å². The van der Waals surface area contributed by atoms with Crippen LogP contribution in [0.2, 0.25) is 0 Å². The molecule has 10 nitrogen and oxygen atoms in total. The van der Waals surface area contributed by atoms with E-state index >= 15 is 0 Å². The second kappa shape index (κ2) is 7.90. The third-order valence-corrected chi connectivity index (χ3v) is 5.08. The minimum atomic E-state index is -0.531. The standard InChI is InChI=1S/C20H23N7O3/c1-21-17-10-16(23-13-6-4-5-7-15(13)30-3)25-18-12(11-22-27(17)18)19(28)24-14-8-9-26(2)20(14)29/h4-7,10-11,14,21H,8-9H2,1-3H3,(H,23,25)(H,24,28)/t14-/m1/s1. The van der Waals surface area contributed by atoms with Gasteiger partial charge < -0.3 is 25.6 Å². The highest BCUT2D eigenvalue weighted by molar-refractivity contribution is 6.02. The van der Waals surface area contributed by atoms with E-state index in [9.17, 15) is 9.59 Å². The number of benzene rings is 1. The minimum absolute atomic E-state index is 0.0952. The molecule has 3 aromatic rings. The molecule has 0 unspecified atom stereocenters. The van der Waals surface area contributed by atoms with Gasteiger partial charge in [0.2, 0.25) is 5.91 Å². The number of anilines is 3. The quantitative estimate of drug-likeness (QED) is 0.565. The van der Waals surface area contributed by atoms with Gasteiger partial charge in [0.15, 0.2) is 5.65 Å². The van der Waals surface area contributed by atoms with Gasteiger partial charge in [-0.2, -0.15) is 9.61 Å². The molecule has 2 amide bonds. The van der Waals surface area contributed by atoms with Crippen LogP contribution in [-0.2, 0) is 4.79 Å². The summed E-state index contributed by atoms with van der Waals surface area (Å²) in [5, 5.41) is 13.4. The van der Waals surface area contributed by atoms with Crippen molar-refractivity contribution in [2.24, 2.45) is 0 Å². The molecule has 3 N–H and O–H groups in total. The van der Waals surface area contributed by atoms with E-state index in [1.165, 1.54) is 6.20 Å². The Bertz CT molecular complexity index is 1110. The summed E-state index contributed by atoms with van der Waals surface area (Å²) in [6.07, 6.45) is 2.03. The first-order valence-corrected chi connectivity index (χ1v) is 9.54. The molecular formula is C20H23N7O3. The molecule has 0 bridgehead atoms. The van der Waals surface area contributed by atoms with E-state index < -0.39 is 6.04 Å². The van der Waals surface area contributed by atoms with Crippen molar-refractivity contribution < 1.29 is 14.3 Å². The maximum Gasteiger partial charge on any atom is 0.257 e. The number of carbonyl (C=O) groups excluding carboxylic acids is 2. The topological polar surface area (TPSA) is 113 Å². The third-order valence-electron chi connectivity index (χ3n) is 5.08. The number of fused-ring (bicyclic) bond motifs is 1. The van der Waals surface area contributed by atoms with Crippen LogP contribution in [0, 0.1) is 0 Å². The van der Waals surface area contributed by atoms with Crippen LogP contribution < -0.4 is 20.7 Å². The number of para-hydroxylation sites is 2. The Morgan fingerprint density at radius 1 is 1.30 bits per heavy atom. The first kappa shape index (κ1) is 19.5. The summed E-state index contributed by atoms with van der Waals surface area (Å²) in [4.78, 5) is 31.2. The Labute approximate surface area is 173 Å². The molecule has 10 heteroatoms. The number of hydrogen-bond acceptors (Lipinski definition) is 7. The van der Waals surface area contributed by atoms with Crippen molar-refractivity contribution in [2.45, 2.75) is 12.5 Å². The number of likely N-dealkylation sites (N-methyl/N-ethyl adjacent to an activating group) is 1. The van der Waals surface area contributed by atoms with E-state index in [1.807, 2.05) is 24.3 Å². The fraction of sp³-hybridized carbons (Fsp3) is 0.300. The summed E-state index contributed by atoms with van der Waals surface area (Å²) >= 11 is 0. The van der Waals surface area contributed by atoms with Crippen molar-refractivity contribution in [1.82, 2.24) is 24.8 Å². The molecule has 1 fully saturated rings. The van der Waals surface area contributed by atoms with Gasteiger partial charge in [-0.3, -0.25) is 9.59 Å². The van der Waals surface area contributed by atoms with Gasteiger partial charge in [0.1, 0.15) is 29.0 Å². The number of nitrogens with zero attached hydrogens (tertiary/aromatic N) is 4. The van der Waals surface area contributed by atoms with Crippen molar-refractivity contribution >= 4 is 34.8 Å². The van der Waals surface area contributed by atoms with E-state index in [0.29, 0.717) is 36.0 Å². The Balaban J connectivity index is 1.67. The molecule has 2 aromatic heterocycles. The minimum Gasteiger partial charge on any atom is -0.495 e. The summed E-state index contributed by atoms with van der Waals surface area (Å²) in [6.45, 7) is 0.619. The van der Waals surface area contributed by atoms with E-state index in [4.69, 9.17) is 4.74 Å². The smallest absolute Gasteiger partial charge is 0.257 e. The van der Waals surface area contributed by atoms with Gasteiger partial charge in [-0.15, -0.1) is 0 Å².